The summed E-state index contributed by atoms with van der Waals surface area (Å²) in [5.41, 5.74) is 2.30. The second kappa shape index (κ2) is 5.12. The summed E-state index contributed by atoms with van der Waals surface area (Å²) < 4.78 is 3.41. The van der Waals surface area contributed by atoms with E-state index >= 15 is 0 Å². The van der Waals surface area contributed by atoms with Crippen LogP contribution in [0.2, 0.25) is 5.02 Å². The molecule has 0 bridgehead atoms. The number of hydrogen-bond acceptors (Lipinski definition) is 3. The minimum absolute atomic E-state index is 0.482. The lowest BCUT2D eigenvalue weighted by Gasteiger charge is -2.12. The van der Waals surface area contributed by atoms with Gasteiger partial charge in [-0.2, -0.15) is 10.2 Å². The van der Waals surface area contributed by atoms with Crippen LogP contribution in [0, 0.1) is 0 Å². The zero-order chi connectivity index (χ0) is 13.3. The maximum atomic E-state index is 10.5. The van der Waals surface area contributed by atoms with Crippen LogP contribution in [0.25, 0.3) is 0 Å². The number of nitrogens with zero attached hydrogens (tertiary/aromatic N) is 4. The van der Waals surface area contributed by atoms with Gasteiger partial charge in [-0.25, -0.2) is 0 Å². The molecule has 1 atom stereocenters. The first kappa shape index (κ1) is 13.1. The molecule has 2 aromatic rings. The highest BCUT2D eigenvalue weighted by molar-refractivity contribution is 6.31. The molecular formula is C12H17ClN4O. The van der Waals surface area contributed by atoms with E-state index < -0.39 is 6.10 Å². The summed E-state index contributed by atoms with van der Waals surface area (Å²) in [5.74, 6) is 0. The molecule has 5 nitrogen and oxygen atoms in total. The highest BCUT2D eigenvalue weighted by Crippen LogP contribution is 2.29. The Bertz CT molecular complexity index is 546. The average Bonchev–Trinajstić information content (AvgIpc) is 2.91. The Balaban J connectivity index is 2.46. The van der Waals surface area contributed by atoms with E-state index in [1.54, 1.807) is 15.6 Å². The fourth-order valence-corrected chi connectivity index (χ4v) is 2.34. The molecule has 2 aromatic heterocycles. The minimum atomic E-state index is -0.788. The van der Waals surface area contributed by atoms with Gasteiger partial charge in [-0.15, -0.1) is 0 Å². The summed E-state index contributed by atoms with van der Waals surface area (Å²) in [6.07, 6.45) is 3.37. The summed E-state index contributed by atoms with van der Waals surface area (Å²) in [6, 6.07) is 0. The van der Waals surface area contributed by atoms with Crippen LogP contribution in [-0.2, 0) is 20.0 Å². The highest BCUT2D eigenvalue weighted by atomic mass is 35.5. The molecule has 0 fully saturated rings. The van der Waals surface area contributed by atoms with Crippen LogP contribution in [0.1, 0.15) is 36.9 Å². The molecule has 6 heteroatoms. The third-order valence-electron chi connectivity index (χ3n) is 2.96. The average molecular weight is 269 g/mol. The first-order chi connectivity index (χ1) is 8.58. The summed E-state index contributed by atoms with van der Waals surface area (Å²) in [4.78, 5) is 0. The maximum Gasteiger partial charge on any atom is 0.125 e. The lowest BCUT2D eigenvalue weighted by molar-refractivity contribution is 0.207. The molecule has 0 radical (unpaired) electrons. The van der Waals surface area contributed by atoms with Crippen LogP contribution in [0.5, 0.6) is 0 Å². The first-order valence-electron chi connectivity index (χ1n) is 6.00. The van der Waals surface area contributed by atoms with Crippen molar-refractivity contribution < 1.29 is 5.11 Å². The van der Waals surface area contributed by atoms with E-state index in [4.69, 9.17) is 11.6 Å². The molecule has 98 valence electrons. The molecule has 1 unspecified atom stereocenters. The van der Waals surface area contributed by atoms with Crippen molar-refractivity contribution in [3.8, 4) is 0 Å². The second-order valence-electron chi connectivity index (χ2n) is 4.15. The molecule has 0 aromatic carbocycles. The van der Waals surface area contributed by atoms with Crippen LogP contribution in [-0.4, -0.2) is 24.7 Å². The van der Waals surface area contributed by atoms with Crippen molar-refractivity contribution in [2.45, 2.75) is 32.9 Å². The van der Waals surface area contributed by atoms with E-state index in [0.717, 1.165) is 17.7 Å². The molecule has 0 aliphatic heterocycles. The summed E-state index contributed by atoms with van der Waals surface area (Å²) in [5, 5.41) is 19.5. The van der Waals surface area contributed by atoms with Crippen molar-refractivity contribution in [2.75, 3.05) is 0 Å². The SMILES string of the molecule is CCc1nn(C)cc1C(O)c1c(Cl)cnn1CC. The quantitative estimate of drug-likeness (QED) is 0.922. The van der Waals surface area contributed by atoms with Gasteiger partial charge in [-0.1, -0.05) is 18.5 Å². The Morgan fingerprint density at radius 2 is 2.17 bits per heavy atom. The Morgan fingerprint density at radius 3 is 2.78 bits per heavy atom. The number of aliphatic hydroxyl groups is 1. The lowest BCUT2D eigenvalue weighted by atomic mass is 10.1. The molecule has 0 spiro atoms. The van der Waals surface area contributed by atoms with Gasteiger partial charge >= 0.3 is 0 Å². The lowest BCUT2D eigenvalue weighted by Crippen LogP contribution is -2.10. The Kier molecular flexibility index (Phi) is 3.73. The maximum absolute atomic E-state index is 10.5. The van der Waals surface area contributed by atoms with E-state index in [0.29, 0.717) is 17.3 Å². The number of halogens is 1. The van der Waals surface area contributed by atoms with Crippen molar-refractivity contribution >= 4 is 11.6 Å². The van der Waals surface area contributed by atoms with E-state index in [1.165, 1.54) is 0 Å². The third kappa shape index (κ3) is 2.15. The summed E-state index contributed by atoms with van der Waals surface area (Å²) in [7, 11) is 1.84. The number of aromatic nitrogens is 4. The fourth-order valence-electron chi connectivity index (χ4n) is 2.10. The van der Waals surface area contributed by atoms with Crippen LogP contribution in [0.3, 0.4) is 0 Å². The molecule has 0 aliphatic carbocycles. The van der Waals surface area contributed by atoms with Gasteiger partial charge in [0.15, 0.2) is 0 Å². The van der Waals surface area contributed by atoms with E-state index in [2.05, 4.69) is 10.2 Å². The molecule has 18 heavy (non-hydrogen) atoms. The number of aryl methyl sites for hydroxylation is 3. The molecule has 0 saturated heterocycles. The van der Waals surface area contributed by atoms with Gasteiger partial charge < -0.3 is 5.11 Å². The Labute approximate surface area is 111 Å². The Morgan fingerprint density at radius 1 is 1.44 bits per heavy atom. The molecule has 0 saturated carbocycles. The minimum Gasteiger partial charge on any atom is -0.382 e. The van der Waals surface area contributed by atoms with Gasteiger partial charge in [0.05, 0.1) is 22.6 Å². The highest BCUT2D eigenvalue weighted by Gasteiger charge is 2.23. The molecular weight excluding hydrogens is 252 g/mol. The van der Waals surface area contributed by atoms with Crippen LogP contribution < -0.4 is 0 Å². The third-order valence-corrected chi connectivity index (χ3v) is 3.25. The van der Waals surface area contributed by atoms with Gasteiger partial charge in [0, 0.05) is 25.4 Å². The molecule has 2 heterocycles. The van der Waals surface area contributed by atoms with Crippen LogP contribution >= 0.6 is 11.6 Å². The van der Waals surface area contributed by atoms with Crippen molar-refractivity contribution in [3.63, 3.8) is 0 Å². The van der Waals surface area contributed by atoms with Gasteiger partial charge in [0.1, 0.15) is 6.10 Å². The normalized spacial score (nSPS) is 12.9. The number of hydrogen-bond donors (Lipinski definition) is 1. The standard InChI is InChI=1S/C12H17ClN4O/c1-4-10-8(7-16(3)15-10)12(18)11-9(13)6-14-17(11)5-2/h6-7,12,18H,4-5H2,1-3H3. The van der Waals surface area contributed by atoms with E-state index in [1.807, 2.05) is 27.1 Å². The zero-order valence-corrected chi connectivity index (χ0v) is 11.5. The van der Waals surface area contributed by atoms with Crippen LogP contribution in [0.4, 0.5) is 0 Å². The van der Waals surface area contributed by atoms with Gasteiger partial charge in [-0.05, 0) is 13.3 Å². The number of aliphatic hydroxyl groups excluding tert-OH is 1. The van der Waals surface area contributed by atoms with Crippen molar-refractivity contribution in [1.29, 1.82) is 0 Å². The second-order valence-corrected chi connectivity index (χ2v) is 4.56. The zero-order valence-electron chi connectivity index (χ0n) is 10.8. The van der Waals surface area contributed by atoms with Crippen molar-refractivity contribution in [1.82, 2.24) is 19.6 Å². The van der Waals surface area contributed by atoms with Crippen molar-refractivity contribution in [2.24, 2.45) is 7.05 Å². The van der Waals surface area contributed by atoms with Crippen LogP contribution in [0.15, 0.2) is 12.4 Å². The number of rotatable bonds is 4. The first-order valence-corrected chi connectivity index (χ1v) is 6.37. The largest absolute Gasteiger partial charge is 0.382 e. The van der Waals surface area contributed by atoms with Gasteiger partial charge in [0.25, 0.3) is 0 Å². The predicted molar refractivity (Wildman–Crippen MR) is 69.6 cm³/mol. The fraction of sp³-hybridized carbons (Fsp3) is 0.500. The smallest absolute Gasteiger partial charge is 0.125 e. The van der Waals surface area contributed by atoms with Crippen molar-refractivity contribution in [3.05, 3.63) is 34.4 Å². The Hall–Kier alpha value is -1.33. The molecule has 0 amide bonds. The van der Waals surface area contributed by atoms with E-state index in [9.17, 15) is 5.11 Å². The van der Waals surface area contributed by atoms with Gasteiger partial charge in [-0.3, -0.25) is 9.36 Å². The van der Waals surface area contributed by atoms with E-state index in [-0.39, 0.29) is 0 Å². The topological polar surface area (TPSA) is 55.9 Å². The molecule has 1 N–H and O–H groups in total. The molecule has 2 rings (SSSR count). The predicted octanol–water partition coefficient (Wildman–Crippen LogP) is 1.93. The summed E-state index contributed by atoms with van der Waals surface area (Å²) >= 11 is 6.10. The van der Waals surface area contributed by atoms with Gasteiger partial charge in [0.2, 0.25) is 0 Å². The monoisotopic (exact) mass is 268 g/mol. The summed E-state index contributed by atoms with van der Waals surface area (Å²) in [6.45, 7) is 4.64. The molecule has 0 aliphatic rings.